The highest BCUT2D eigenvalue weighted by Gasteiger charge is 2.15. The van der Waals surface area contributed by atoms with Gasteiger partial charge in [-0.3, -0.25) is 9.48 Å². The van der Waals surface area contributed by atoms with Gasteiger partial charge in [-0.1, -0.05) is 12.8 Å². The van der Waals surface area contributed by atoms with E-state index < -0.39 is 0 Å². The predicted molar refractivity (Wildman–Crippen MR) is 71.5 cm³/mol. The van der Waals surface area contributed by atoms with E-state index in [1.807, 2.05) is 16.9 Å². The van der Waals surface area contributed by atoms with Crippen LogP contribution in [0.25, 0.3) is 0 Å². The van der Waals surface area contributed by atoms with Crippen LogP contribution in [-0.4, -0.2) is 28.3 Å². The van der Waals surface area contributed by atoms with Crippen LogP contribution in [-0.2, 0) is 4.79 Å². The Balaban J connectivity index is 1.75. The van der Waals surface area contributed by atoms with E-state index in [1.165, 1.54) is 25.7 Å². The molecule has 5 nitrogen and oxygen atoms in total. The van der Waals surface area contributed by atoms with E-state index in [9.17, 15) is 4.79 Å². The lowest BCUT2D eigenvalue weighted by atomic mass is 10.2. The Morgan fingerprint density at radius 3 is 2.83 bits per heavy atom. The molecule has 18 heavy (non-hydrogen) atoms. The molecule has 0 aliphatic heterocycles. The van der Waals surface area contributed by atoms with Crippen LogP contribution in [0.2, 0.25) is 0 Å². The second-order valence-corrected chi connectivity index (χ2v) is 5.19. The van der Waals surface area contributed by atoms with Crippen molar-refractivity contribution in [2.75, 3.05) is 11.9 Å². The molecule has 1 amide bonds. The fraction of sp³-hybridized carbons (Fsp3) is 0.692. The van der Waals surface area contributed by atoms with Crippen molar-refractivity contribution in [1.82, 2.24) is 15.1 Å². The number of nitrogens with one attached hydrogen (secondary N) is 2. The highest BCUT2D eigenvalue weighted by Crippen LogP contribution is 2.17. The van der Waals surface area contributed by atoms with Gasteiger partial charge in [-0.2, -0.15) is 5.10 Å². The summed E-state index contributed by atoms with van der Waals surface area (Å²) in [5.41, 5.74) is 0. The van der Waals surface area contributed by atoms with Crippen LogP contribution in [0.4, 0.5) is 5.82 Å². The molecule has 0 unspecified atom stereocenters. The molecule has 1 aromatic rings. The Hall–Kier alpha value is -1.36. The fourth-order valence-electron chi connectivity index (χ4n) is 2.25. The van der Waals surface area contributed by atoms with Gasteiger partial charge in [0.2, 0.25) is 5.91 Å². The summed E-state index contributed by atoms with van der Waals surface area (Å²) in [6.45, 7) is 4.49. The quantitative estimate of drug-likeness (QED) is 0.839. The van der Waals surface area contributed by atoms with Crippen LogP contribution in [0.3, 0.4) is 0 Å². The molecule has 0 aromatic carbocycles. The van der Waals surface area contributed by atoms with Crippen molar-refractivity contribution in [3.8, 4) is 0 Å². The molecule has 1 aliphatic carbocycles. The molecule has 0 saturated heterocycles. The topological polar surface area (TPSA) is 59.0 Å². The number of amides is 1. The zero-order valence-electron chi connectivity index (χ0n) is 11.1. The zero-order chi connectivity index (χ0) is 13.0. The zero-order valence-corrected chi connectivity index (χ0v) is 11.1. The summed E-state index contributed by atoms with van der Waals surface area (Å²) < 4.78 is 1.83. The van der Waals surface area contributed by atoms with Crippen LogP contribution in [0.5, 0.6) is 0 Å². The summed E-state index contributed by atoms with van der Waals surface area (Å²) in [6.07, 6.45) is 6.81. The van der Waals surface area contributed by atoms with Gasteiger partial charge >= 0.3 is 0 Å². The standard InChI is InChI=1S/C13H22N4O/c1-10(2)17-8-7-12(16-17)15-13(18)9-14-11-5-3-4-6-11/h7-8,10-11,14H,3-6,9H2,1-2H3,(H,15,16,18). The second kappa shape index (κ2) is 6.00. The van der Waals surface area contributed by atoms with Crippen molar-refractivity contribution >= 4 is 11.7 Å². The minimum Gasteiger partial charge on any atom is -0.308 e. The normalized spacial score (nSPS) is 16.4. The van der Waals surface area contributed by atoms with Crippen LogP contribution < -0.4 is 10.6 Å². The minimum atomic E-state index is -0.0177. The number of hydrogen-bond acceptors (Lipinski definition) is 3. The van der Waals surface area contributed by atoms with Gasteiger partial charge in [-0.05, 0) is 26.7 Å². The molecule has 1 aliphatic rings. The van der Waals surface area contributed by atoms with E-state index in [0.717, 1.165) is 0 Å². The Kier molecular flexibility index (Phi) is 4.36. The first kappa shape index (κ1) is 13.1. The van der Waals surface area contributed by atoms with Gasteiger partial charge in [0.05, 0.1) is 6.54 Å². The monoisotopic (exact) mass is 250 g/mol. The summed E-state index contributed by atoms with van der Waals surface area (Å²) in [5, 5.41) is 10.4. The van der Waals surface area contributed by atoms with Gasteiger partial charge in [-0.25, -0.2) is 0 Å². The number of nitrogens with zero attached hydrogens (tertiary/aromatic N) is 2. The largest absolute Gasteiger partial charge is 0.308 e. The van der Waals surface area contributed by atoms with Crippen LogP contribution in [0, 0.1) is 0 Å². The first-order valence-electron chi connectivity index (χ1n) is 6.73. The molecule has 0 spiro atoms. The molecule has 5 heteroatoms. The van der Waals surface area contributed by atoms with Crippen molar-refractivity contribution in [2.45, 2.75) is 51.6 Å². The lowest BCUT2D eigenvalue weighted by molar-refractivity contribution is -0.115. The Morgan fingerprint density at radius 2 is 2.22 bits per heavy atom. The molecule has 0 atom stereocenters. The second-order valence-electron chi connectivity index (χ2n) is 5.19. The van der Waals surface area contributed by atoms with E-state index in [0.29, 0.717) is 24.4 Å². The average molecular weight is 250 g/mol. The molecular weight excluding hydrogens is 228 g/mol. The third-order valence-corrected chi connectivity index (χ3v) is 3.31. The fourth-order valence-corrected chi connectivity index (χ4v) is 2.25. The maximum Gasteiger partial charge on any atom is 0.239 e. The van der Waals surface area contributed by atoms with Crippen molar-refractivity contribution in [3.05, 3.63) is 12.3 Å². The summed E-state index contributed by atoms with van der Waals surface area (Å²) in [5.74, 6) is 0.609. The molecule has 1 saturated carbocycles. The van der Waals surface area contributed by atoms with Crippen LogP contribution in [0.1, 0.15) is 45.6 Å². The number of anilines is 1. The molecule has 1 fully saturated rings. The minimum absolute atomic E-state index is 0.0177. The predicted octanol–water partition coefficient (Wildman–Crippen LogP) is 1.93. The molecule has 0 bridgehead atoms. The highest BCUT2D eigenvalue weighted by atomic mass is 16.2. The highest BCUT2D eigenvalue weighted by molar-refractivity contribution is 5.91. The van der Waals surface area contributed by atoms with E-state index in [-0.39, 0.29) is 5.91 Å². The third kappa shape index (κ3) is 3.57. The smallest absolute Gasteiger partial charge is 0.239 e. The lowest BCUT2D eigenvalue weighted by Gasteiger charge is -2.10. The SMILES string of the molecule is CC(C)n1ccc(NC(=O)CNC2CCCC2)n1. The van der Waals surface area contributed by atoms with Gasteiger partial charge in [0.25, 0.3) is 0 Å². The van der Waals surface area contributed by atoms with Crippen molar-refractivity contribution in [3.63, 3.8) is 0 Å². The molecule has 1 heterocycles. The van der Waals surface area contributed by atoms with E-state index in [4.69, 9.17) is 0 Å². The average Bonchev–Trinajstić information content (AvgIpc) is 2.96. The number of carbonyl (C=O) groups excluding carboxylic acids is 1. The first-order chi connectivity index (χ1) is 8.65. The summed E-state index contributed by atoms with van der Waals surface area (Å²) >= 11 is 0. The summed E-state index contributed by atoms with van der Waals surface area (Å²) in [6, 6.07) is 2.66. The first-order valence-corrected chi connectivity index (χ1v) is 6.73. The van der Waals surface area contributed by atoms with Crippen LogP contribution >= 0.6 is 0 Å². The van der Waals surface area contributed by atoms with Crippen molar-refractivity contribution in [1.29, 1.82) is 0 Å². The maximum absolute atomic E-state index is 11.7. The van der Waals surface area contributed by atoms with Gasteiger partial charge < -0.3 is 10.6 Å². The number of hydrogen-bond donors (Lipinski definition) is 2. The molecule has 2 rings (SSSR count). The summed E-state index contributed by atoms with van der Waals surface area (Å²) in [4.78, 5) is 11.7. The van der Waals surface area contributed by atoms with Gasteiger partial charge in [0, 0.05) is 24.3 Å². The van der Waals surface area contributed by atoms with E-state index in [1.54, 1.807) is 0 Å². The van der Waals surface area contributed by atoms with Gasteiger partial charge in [-0.15, -0.1) is 0 Å². The molecule has 100 valence electrons. The molecule has 0 radical (unpaired) electrons. The molecular formula is C13H22N4O. The van der Waals surface area contributed by atoms with Gasteiger partial charge in [0.1, 0.15) is 0 Å². The van der Waals surface area contributed by atoms with E-state index >= 15 is 0 Å². The molecule has 2 N–H and O–H groups in total. The number of rotatable bonds is 5. The van der Waals surface area contributed by atoms with E-state index in [2.05, 4.69) is 29.6 Å². The Morgan fingerprint density at radius 1 is 1.50 bits per heavy atom. The lowest BCUT2D eigenvalue weighted by Crippen LogP contribution is -2.34. The number of carbonyl (C=O) groups is 1. The van der Waals surface area contributed by atoms with Crippen molar-refractivity contribution < 1.29 is 4.79 Å². The van der Waals surface area contributed by atoms with Gasteiger partial charge in [0.15, 0.2) is 5.82 Å². The third-order valence-electron chi connectivity index (χ3n) is 3.31. The summed E-state index contributed by atoms with van der Waals surface area (Å²) in [7, 11) is 0. The van der Waals surface area contributed by atoms with Crippen LogP contribution in [0.15, 0.2) is 12.3 Å². The van der Waals surface area contributed by atoms with Crippen molar-refractivity contribution in [2.24, 2.45) is 0 Å². The Bertz CT molecular complexity index is 393. The number of aromatic nitrogens is 2. The maximum atomic E-state index is 11.7. The molecule has 1 aromatic heterocycles. The Labute approximate surface area is 108 Å².